The van der Waals surface area contributed by atoms with Gasteiger partial charge in [0.1, 0.15) is 11.6 Å². The van der Waals surface area contributed by atoms with Crippen molar-refractivity contribution in [1.29, 1.82) is 0 Å². The Morgan fingerprint density at radius 1 is 1.03 bits per heavy atom. The zero-order valence-electron chi connectivity index (χ0n) is 16.9. The fourth-order valence-electron chi connectivity index (χ4n) is 3.60. The van der Waals surface area contributed by atoms with Gasteiger partial charge in [0, 0.05) is 44.7 Å². The first kappa shape index (κ1) is 21.9. The molecule has 1 heterocycles. The van der Waals surface area contributed by atoms with E-state index < -0.39 is 17.5 Å². The first-order valence-electron chi connectivity index (χ1n) is 10.3. The molecule has 0 radical (unpaired) electrons. The first-order valence-corrected chi connectivity index (χ1v) is 10.3. The maximum Gasteiger partial charge on any atom is 0.254 e. The summed E-state index contributed by atoms with van der Waals surface area (Å²) in [4.78, 5) is 26.5. The van der Waals surface area contributed by atoms with Crippen LogP contribution in [0.1, 0.15) is 41.6 Å². The molecule has 1 aliphatic rings. The summed E-state index contributed by atoms with van der Waals surface area (Å²) in [5.41, 5.74) is 1.09. The quantitative estimate of drug-likeness (QED) is 0.651. The summed E-state index contributed by atoms with van der Waals surface area (Å²) in [5.74, 6) is -2.28. The molecule has 2 amide bonds. The average molecular weight is 415 g/mol. The molecule has 7 heteroatoms. The fourth-order valence-corrected chi connectivity index (χ4v) is 3.60. The van der Waals surface area contributed by atoms with Gasteiger partial charge in [-0.1, -0.05) is 30.3 Å². The third-order valence-electron chi connectivity index (χ3n) is 5.24. The number of halogens is 2. The molecule has 5 nitrogen and oxygen atoms in total. The van der Waals surface area contributed by atoms with E-state index in [1.807, 2.05) is 18.2 Å². The molecule has 2 N–H and O–H groups in total. The van der Waals surface area contributed by atoms with Crippen LogP contribution in [0.2, 0.25) is 0 Å². The van der Waals surface area contributed by atoms with Gasteiger partial charge < -0.3 is 10.6 Å². The summed E-state index contributed by atoms with van der Waals surface area (Å²) >= 11 is 0. The zero-order chi connectivity index (χ0) is 21.3. The Morgan fingerprint density at radius 2 is 1.77 bits per heavy atom. The van der Waals surface area contributed by atoms with Crippen molar-refractivity contribution < 1.29 is 18.4 Å². The van der Waals surface area contributed by atoms with E-state index in [0.717, 1.165) is 44.6 Å². The second kappa shape index (κ2) is 10.8. The standard InChI is InChI=1S/C23H27F2N3O2/c24-18-8-9-20(21(25)15-18)23(30)26-12-4-7-22(29)27-19-10-13-28(14-11-19)16-17-5-2-1-3-6-17/h1-3,5-6,8-9,15,19H,4,7,10-14,16H2,(H,26,30)(H,27,29). The number of hydrogen-bond donors (Lipinski definition) is 2. The minimum atomic E-state index is -0.899. The van der Waals surface area contributed by atoms with Crippen molar-refractivity contribution in [2.24, 2.45) is 0 Å². The number of carbonyl (C=O) groups is 2. The van der Waals surface area contributed by atoms with Crippen LogP contribution in [0.3, 0.4) is 0 Å². The van der Waals surface area contributed by atoms with Crippen LogP contribution >= 0.6 is 0 Å². The van der Waals surface area contributed by atoms with Gasteiger partial charge in [-0.25, -0.2) is 8.78 Å². The Bertz CT molecular complexity index is 853. The van der Waals surface area contributed by atoms with E-state index >= 15 is 0 Å². The molecule has 1 fully saturated rings. The minimum absolute atomic E-state index is 0.0429. The Hall–Kier alpha value is -2.80. The van der Waals surface area contributed by atoms with Gasteiger partial charge >= 0.3 is 0 Å². The second-order valence-corrected chi connectivity index (χ2v) is 7.59. The first-order chi connectivity index (χ1) is 14.5. The molecule has 0 saturated carbocycles. The molecule has 0 spiro atoms. The largest absolute Gasteiger partial charge is 0.353 e. The van der Waals surface area contributed by atoms with Gasteiger partial charge in [0.15, 0.2) is 0 Å². The molecule has 30 heavy (non-hydrogen) atoms. The highest BCUT2D eigenvalue weighted by molar-refractivity contribution is 5.94. The number of rotatable bonds is 8. The van der Waals surface area contributed by atoms with E-state index in [1.54, 1.807) is 0 Å². The average Bonchev–Trinajstić information content (AvgIpc) is 2.73. The topological polar surface area (TPSA) is 61.4 Å². The van der Waals surface area contributed by atoms with Crippen LogP contribution in [-0.4, -0.2) is 42.4 Å². The number of nitrogens with zero attached hydrogens (tertiary/aromatic N) is 1. The smallest absolute Gasteiger partial charge is 0.254 e. The Balaban J connectivity index is 1.30. The summed E-state index contributed by atoms with van der Waals surface area (Å²) < 4.78 is 26.5. The molecule has 1 aliphatic heterocycles. The molecule has 0 aromatic heterocycles. The van der Waals surface area contributed by atoms with Crippen LogP contribution in [0.5, 0.6) is 0 Å². The van der Waals surface area contributed by atoms with Gasteiger partial charge in [0.2, 0.25) is 5.91 Å². The van der Waals surface area contributed by atoms with Crippen LogP contribution in [0.15, 0.2) is 48.5 Å². The summed E-state index contributed by atoms with van der Waals surface area (Å²) in [6.07, 6.45) is 2.57. The van der Waals surface area contributed by atoms with Crippen LogP contribution in [0.25, 0.3) is 0 Å². The lowest BCUT2D eigenvalue weighted by Crippen LogP contribution is -2.44. The summed E-state index contributed by atoms with van der Waals surface area (Å²) in [6.45, 7) is 3.06. The maximum absolute atomic E-state index is 13.6. The van der Waals surface area contributed by atoms with Crippen molar-refractivity contribution in [1.82, 2.24) is 15.5 Å². The van der Waals surface area contributed by atoms with Crippen LogP contribution in [0, 0.1) is 11.6 Å². The number of carbonyl (C=O) groups excluding carboxylic acids is 2. The number of nitrogens with one attached hydrogen (secondary N) is 2. The van der Waals surface area contributed by atoms with E-state index in [1.165, 1.54) is 5.56 Å². The molecule has 160 valence electrons. The highest BCUT2D eigenvalue weighted by Crippen LogP contribution is 2.14. The maximum atomic E-state index is 13.6. The van der Waals surface area contributed by atoms with E-state index in [-0.39, 0.29) is 30.5 Å². The molecule has 0 unspecified atom stereocenters. The van der Waals surface area contributed by atoms with Crippen molar-refractivity contribution in [3.63, 3.8) is 0 Å². The van der Waals surface area contributed by atoms with Crippen molar-refractivity contribution in [2.45, 2.75) is 38.3 Å². The van der Waals surface area contributed by atoms with Crippen molar-refractivity contribution in [3.8, 4) is 0 Å². The molecule has 0 atom stereocenters. The van der Waals surface area contributed by atoms with E-state index in [0.29, 0.717) is 12.5 Å². The molecule has 0 aliphatic carbocycles. The Kier molecular flexibility index (Phi) is 7.90. The number of likely N-dealkylation sites (tertiary alicyclic amines) is 1. The lowest BCUT2D eigenvalue weighted by atomic mass is 10.0. The summed E-state index contributed by atoms with van der Waals surface area (Å²) in [5, 5.41) is 5.62. The highest BCUT2D eigenvalue weighted by Gasteiger charge is 2.20. The normalized spacial score (nSPS) is 15.0. The number of amides is 2. The second-order valence-electron chi connectivity index (χ2n) is 7.59. The van der Waals surface area contributed by atoms with Gasteiger partial charge in [-0.3, -0.25) is 14.5 Å². The van der Waals surface area contributed by atoms with Gasteiger partial charge in [0.25, 0.3) is 5.91 Å². The van der Waals surface area contributed by atoms with Gasteiger partial charge in [-0.05, 0) is 37.0 Å². The van der Waals surface area contributed by atoms with Crippen molar-refractivity contribution >= 4 is 11.8 Å². The molecule has 2 aromatic carbocycles. The van der Waals surface area contributed by atoms with Crippen LogP contribution in [0.4, 0.5) is 8.78 Å². The molecule has 3 rings (SSSR count). The predicted molar refractivity (Wildman–Crippen MR) is 111 cm³/mol. The van der Waals surface area contributed by atoms with E-state index in [9.17, 15) is 18.4 Å². The molecule has 0 bridgehead atoms. The van der Waals surface area contributed by atoms with Gasteiger partial charge in [-0.15, -0.1) is 0 Å². The predicted octanol–water partition coefficient (Wildman–Crippen LogP) is 3.26. The van der Waals surface area contributed by atoms with Gasteiger partial charge in [0.05, 0.1) is 5.56 Å². The third-order valence-corrected chi connectivity index (χ3v) is 5.24. The Labute approximate surface area is 175 Å². The van der Waals surface area contributed by atoms with Crippen molar-refractivity contribution in [3.05, 3.63) is 71.3 Å². The lowest BCUT2D eigenvalue weighted by molar-refractivity contribution is -0.122. The molecule has 2 aromatic rings. The van der Waals surface area contributed by atoms with Crippen molar-refractivity contribution in [2.75, 3.05) is 19.6 Å². The SMILES string of the molecule is O=C(CCCNC(=O)c1ccc(F)cc1F)NC1CCN(Cc2ccccc2)CC1. The van der Waals surface area contributed by atoms with E-state index in [4.69, 9.17) is 0 Å². The molecular weight excluding hydrogens is 388 g/mol. The van der Waals surface area contributed by atoms with Crippen LogP contribution in [-0.2, 0) is 11.3 Å². The van der Waals surface area contributed by atoms with E-state index in [2.05, 4.69) is 27.7 Å². The highest BCUT2D eigenvalue weighted by atomic mass is 19.1. The van der Waals surface area contributed by atoms with Gasteiger partial charge in [-0.2, -0.15) is 0 Å². The number of hydrogen-bond acceptors (Lipinski definition) is 3. The third kappa shape index (κ3) is 6.62. The summed E-state index contributed by atoms with van der Waals surface area (Å²) in [7, 11) is 0. The molecule has 1 saturated heterocycles. The minimum Gasteiger partial charge on any atom is -0.353 e. The fraction of sp³-hybridized carbons (Fsp3) is 0.391. The number of piperidine rings is 1. The molecular formula is C23H27F2N3O2. The summed E-state index contributed by atoms with van der Waals surface area (Å²) in [6, 6.07) is 13.3. The lowest BCUT2D eigenvalue weighted by Gasteiger charge is -2.32. The van der Waals surface area contributed by atoms with Crippen LogP contribution < -0.4 is 10.6 Å². The Morgan fingerprint density at radius 3 is 2.47 bits per heavy atom. The zero-order valence-corrected chi connectivity index (χ0v) is 16.9. The number of benzene rings is 2. The monoisotopic (exact) mass is 415 g/mol.